The maximum Gasteiger partial charge on any atom is 0.257 e. The minimum atomic E-state index is 0.0802. The number of hydrogen-bond acceptors (Lipinski definition) is 2. The third-order valence-electron chi connectivity index (χ3n) is 3.31. The summed E-state index contributed by atoms with van der Waals surface area (Å²) >= 11 is 5.80. The molecular weight excluding hydrogens is 238 g/mol. The van der Waals surface area contributed by atoms with Gasteiger partial charge in [-0.3, -0.25) is 4.79 Å². The lowest BCUT2D eigenvalue weighted by atomic mass is 9.99. The monoisotopic (exact) mass is 255 g/mol. The number of carbonyl (C=O) groups is 1. The topological polar surface area (TPSA) is 33.5 Å². The number of piperidine rings is 1. The summed E-state index contributed by atoms with van der Waals surface area (Å²) in [5.74, 6) is 1.47. The Bertz CT molecular complexity index is 387. The second-order valence-electron chi connectivity index (χ2n) is 4.57. The fraction of sp³-hybridized carbons (Fsp3) is 0.615. The predicted octanol–water partition coefficient (Wildman–Crippen LogP) is 3.21. The Morgan fingerprint density at radius 2 is 2.41 bits per heavy atom. The van der Waals surface area contributed by atoms with E-state index in [1.54, 1.807) is 12.3 Å². The Morgan fingerprint density at radius 3 is 3.06 bits per heavy atom. The lowest BCUT2D eigenvalue weighted by Crippen LogP contribution is -2.43. The summed E-state index contributed by atoms with van der Waals surface area (Å²) in [6, 6.07) is 2.10. The SMILES string of the molecule is Cc1cc(C(=O)N2CCCCC2CCCl)co1. The fourth-order valence-electron chi connectivity index (χ4n) is 2.42. The van der Waals surface area contributed by atoms with Gasteiger partial charge < -0.3 is 9.32 Å². The molecule has 2 rings (SSSR count). The molecule has 1 unspecified atom stereocenters. The van der Waals surface area contributed by atoms with Gasteiger partial charge in [0, 0.05) is 18.5 Å². The summed E-state index contributed by atoms with van der Waals surface area (Å²) in [5, 5.41) is 0. The number of furan rings is 1. The molecule has 1 aromatic rings. The Morgan fingerprint density at radius 1 is 1.59 bits per heavy atom. The van der Waals surface area contributed by atoms with Crippen LogP contribution in [0.15, 0.2) is 16.7 Å². The second kappa shape index (κ2) is 5.58. The zero-order valence-corrected chi connectivity index (χ0v) is 10.9. The maximum atomic E-state index is 12.3. The van der Waals surface area contributed by atoms with Crippen LogP contribution in [0.3, 0.4) is 0 Å². The van der Waals surface area contributed by atoms with E-state index in [-0.39, 0.29) is 5.91 Å². The highest BCUT2D eigenvalue weighted by Gasteiger charge is 2.27. The number of nitrogens with zero attached hydrogens (tertiary/aromatic N) is 1. The van der Waals surface area contributed by atoms with Gasteiger partial charge in [-0.2, -0.15) is 0 Å². The number of rotatable bonds is 3. The average molecular weight is 256 g/mol. The van der Waals surface area contributed by atoms with Crippen LogP contribution >= 0.6 is 11.6 Å². The smallest absolute Gasteiger partial charge is 0.257 e. The third-order valence-corrected chi connectivity index (χ3v) is 3.53. The number of amides is 1. The first-order valence-electron chi connectivity index (χ1n) is 6.14. The van der Waals surface area contributed by atoms with E-state index in [4.69, 9.17) is 16.0 Å². The van der Waals surface area contributed by atoms with Crippen molar-refractivity contribution < 1.29 is 9.21 Å². The lowest BCUT2D eigenvalue weighted by Gasteiger charge is -2.35. The molecule has 1 amide bonds. The normalized spacial score (nSPS) is 20.6. The van der Waals surface area contributed by atoms with Crippen molar-refractivity contribution in [3.63, 3.8) is 0 Å². The van der Waals surface area contributed by atoms with Gasteiger partial charge in [0.15, 0.2) is 0 Å². The number of carbonyl (C=O) groups excluding carboxylic acids is 1. The highest BCUT2D eigenvalue weighted by Crippen LogP contribution is 2.23. The molecule has 3 nitrogen and oxygen atoms in total. The number of alkyl halides is 1. The van der Waals surface area contributed by atoms with Gasteiger partial charge in [-0.1, -0.05) is 0 Å². The molecule has 1 saturated heterocycles. The molecule has 1 aromatic heterocycles. The molecule has 94 valence electrons. The molecule has 0 N–H and O–H groups in total. The van der Waals surface area contributed by atoms with Gasteiger partial charge >= 0.3 is 0 Å². The first kappa shape index (κ1) is 12.5. The van der Waals surface area contributed by atoms with E-state index in [0.29, 0.717) is 17.5 Å². The summed E-state index contributed by atoms with van der Waals surface area (Å²) in [7, 11) is 0. The first-order valence-corrected chi connectivity index (χ1v) is 6.68. The van der Waals surface area contributed by atoms with Crippen LogP contribution in [-0.2, 0) is 0 Å². The van der Waals surface area contributed by atoms with Crippen LogP contribution in [-0.4, -0.2) is 29.3 Å². The van der Waals surface area contributed by atoms with Gasteiger partial charge in [0.25, 0.3) is 5.91 Å². The molecule has 1 aliphatic heterocycles. The predicted molar refractivity (Wildman–Crippen MR) is 67.5 cm³/mol. The Balaban J connectivity index is 2.10. The molecule has 4 heteroatoms. The zero-order chi connectivity index (χ0) is 12.3. The van der Waals surface area contributed by atoms with Crippen LogP contribution in [0, 0.1) is 6.92 Å². The van der Waals surface area contributed by atoms with Crippen molar-refractivity contribution in [3.05, 3.63) is 23.7 Å². The van der Waals surface area contributed by atoms with Crippen molar-refractivity contribution in [2.45, 2.75) is 38.6 Å². The minimum absolute atomic E-state index is 0.0802. The van der Waals surface area contributed by atoms with Crippen molar-refractivity contribution in [1.29, 1.82) is 0 Å². The molecule has 0 aliphatic carbocycles. The summed E-state index contributed by atoms with van der Waals surface area (Å²) in [5.41, 5.74) is 0.656. The van der Waals surface area contributed by atoms with Gasteiger partial charge in [-0.15, -0.1) is 11.6 Å². The highest BCUT2D eigenvalue weighted by molar-refractivity contribution is 6.17. The number of hydrogen-bond donors (Lipinski definition) is 0. The van der Waals surface area contributed by atoms with E-state index in [1.165, 1.54) is 6.42 Å². The molecule has 1 atom stereocenters. The largest absolute Gasteiger partial charge is 0.469 e. The van der Waals surface area contributed by atoms with Crippen molar-refractivity contribution in [2.24, 2.45) is 0 Å². The zero-order valence-electron chi connectivity index (χ0n) is 10.1. The molecule has 1 aliphatic rings. The van der Waals surface area contributed by atoms with Gasteiger partial charge in [-0.05, 0) is 38.7 Å². The van der Waals surface area contributed by atoms with Crippen LogP contribution in [0.2, 0.25) is 0 Å². The molecule has 1 fully saturated rings. The lowest BCUT2D eigenvalue weighted by molar-refractivity contribution is 0.0608. The van der Waals surface area contributed by atoms with Gasteiger partial charge in [0.05, 0.1) is 5.56 Å². The fourth-order valence-corrected chi connectivity index (χ4v) is 2.67. The number of aryl methyl sites for hydroxylation is 1. The molecule has 0 aromatic carbocycles. The molecule has 17 heavy (non-hydrogen) atoms. The Labute approximate surface area is 107 Å². The maximum absolute atomic E-state index is 12.3. The first-order chi connectivity index (χ1) is 8.22. The summed E-state index contributed by atoms with van der Waals surface area (Å²) in [6.07, 6.45) is 5.76. The second-order valence-corrected chi connectivity index (χ2v) is 4.95. The van der Waals surface area contributed by atoms with Gasteiger partial charge in [0.1, 0.15) is 12.0 Å². The van der Waals surface area contributed by atoms with Crippen LogP contribution in [0.5, 0.6) is 0 Å². The van der Waals surface area contributed by atoms with Crippen molar-refractivity contribution in [3.8, 4) is 0 Å². The number of likely N-dealkylation sites (tertiary alicyclic amines) is 1. The van der Waals surface area contributed by atoms with Gasteiger partial charge in [0.2, 0.25) is 0 Å². The molecule has 2 heterocycles. The van der Waals surface area contributed by atoms with Crippen molar-refractivity contribution in [2.75, 3.05) is 12.4 Å². The van der Waals surface area contributed by atoms with E-state index in [9.17, 15) is 4.79 Å². The van der Waals surface area contributed by atoms with Crippen LogP contribution in [0.25, 0.3) is 0 Å². The van der Waals surface area contributed by atoms with Crippen LogP contribution in [0.1, 0.15) is 41.8 Å². The molecule has 0 saturated carbocycles. The van der Waals surface area contributed by atoms with Gasteiger partial charge in [-0.25, -0.2) is 0 Å². The van der Waals surface area contributed by atoms with E-state index in [2.05, 4.69) is 0 Å². The summed E-state index contributed by atoms with van der Waals surface area (Å²) in [6.45, 7) is 2.69. The van der Waals surface area contributed by atoms with E-state index < -0.39 is 0 Å². The Hall–Kier alpha value is -0.960. The molecular formula is C13H18ClNO2. The van der Waals surface area contributed by atoms with E-state index in [0.717, 1.165) is 31.6 Å². The summed E-state index contributed by atoms with van der Waals surface area (Å²) in [4.78, 5) is 14.3. The molecule has 0 radical (unpaired) electrons. The van der Waals surface area contributed by atoms with Crippen LogP contribution in [0.4, 0.5) is 0 Å². The average Bonchev–Trinajstić information content (AvgIpc) is 2.76. The van der Waals surface area contributed by atoms with Crippen LogP contribution < -0.4 is 0 Å². The highest BCUT2D eigenvalue weighted by atomic mass is 35.5. The third kappa shape index (κ3) is 2.83. The van der Waals surface area contributed by atoms with Crippen molar-refractivity contribution >= 4 is 17.5 Å². The van der Waals surface area contributed by atoms with Crippen molar-refractivity contribution in [1.82, 2.24) is 4.90 Å². The van der Waals surface area contributed by atoms with E-state index >= 15 is 0 Å². The summed E-state index contributed by atoms with van der Waals surface area (Å²) < 4.78 is 5.20. The quantitative estimate of drug-likeness (QED) is 0.777. The Kier molecular flexibility index (Phi) is 4.11. The number of halogens is 1. The molecule has 0 bridgehead atoms. The molecule has 0 spiro atoms. The van der Waals surface area contributed by atoms with E-state index in [1.807, 2.05) is 11.8 Å². The minimum Gasteiger partial charge on any atom is -0.469 e. The standard InChI is InChI=1S/C13H18ClNO2/c1-10-8-11(9-17-10)13(16)15-7-3-2-4-12(15)5-6-14/h8-9,12H,2-7H2,1H3.